The lowest BCUT2D eigenvalue weighted by Crippen LogP contribution is -2.38. The van der Waals surface area contributed by atoms with Crippen molar-refractivity contribution in [2.45, 2.75) is 19.6 Å². The fraction of sp³-hybridized carbons (Fsp3) is 0.412. The molecule has 2 rings (SSSR count). The van der Waals surface area contributed by atoms with Gasteiger partial charge in [0, 0.05) is 44.7 Å². The summed E-state index contributed by atoms with van der Waals surface area (Å²) < 4.78 is 37.2. The van der Waals surface area contributed by atoms with Crippen molar-refractivity contribution in [1.29, 1.82) is 0 Å². The van der Waals surface area contributed by atoms with Gasteiger partial charge in [0.1, 0.15) is 17.3 Å². The van der Waals surface area contributed by atoms with E-state index in [1.807, 2.05) is 24.1 Å². The van der Waals surface area contributed by atoms with Gasteiger partial charge in [0.05, 0.1) is 20.8 Å². The molecule has 1 N–H and O–H groups in total. The minimum atomic E-state index is -2.63. The van der Waals surface area contributed by atoms with E-state index < -0.39 is 6.55 Å². The summed E-state index contributed by atoms with van der Waals surface area (Å²) in [5, 5.41) is 3.04. The van der Waals surface area contributed by atoms with E-state index in [1.165, 1.54) is 12.4 Å². The molecule has 0 radical (unpaired) electrons. The highest BCUT2D eigenvalue weighted by atomic mass is 19.3. The SMILES string of the molecule is CN=C(NCc1nccn1C(F)F)N(C)Cc1ccc(OC)cc1OC. The second-order valence-electron chi connectivity index (χ2n) is 5.46. The molecule has 0 saturated heterocycles. The Balaban J connectivity index is 2.05. The number of benzene rings is 1. The van der Waals surface area contributed by atoms with Crippen molar-refractivity contribution in [3.8, 4) is 11.5 Å². The zero-order valence-electron chi connectivity index (χ0n) is 15.2. The quantitative estimate of drug-likeness (QED) is 0.602. The van der Waals surface area contributed by atoms with E-state index in [0.29, 0.717) is 24.0 Å². The van der Waals surface area contributed by atoms with Crippen molar-refractivity contribution in [3.63, 3.8) is 0 Å². The molecular formula is C17H23F2N5O2. The molecule has 1 aromatic carbocycles. The monoisotopic (exact) mass is 367 g/mol. The van der Waals surface area contributed by atoms with Crippen LogP contribution in [0.3, 0.4) is 0 Å². The number of imidazole rings is 1. The molecule has 0 aliphatic heterocycles. The van der Waals surface area contributed by atoms with Crippen LogP contribution >= 0.6 is 0 Å². The molecule has 0 aliphatic rings. The Hall–Kier alpha value is -2.84. The number of nitrogens with one attached hydrogen (secondary N) is 1. The molecule has 142 valence electrons. The van der Waals surface area contributed by atoms with Crippen molar-refractivity contribution < 1.29 is 18.3 Å². The average Bonchev–Trinajstić information content (AvgIpc) is 3.11. The number of alkyl halides is 2. The highest BCUT2D eigenvalue weighted by Gasteiger charge is 2.14. The van der Waals surface area contributed by atoms with Gasteiger partial charge in [0.15, 0.2) is 5.96 Å². The lowest BCUT2D eigenvalue weighted by Gasteiger charge is -2.23. The first-order valence-corrected chi connectivity index (χ1v) is 7.92. The van der Waals surface area contributed by atoms with Crippen LogP contribution < -0.4 is 14.8 Å². The molecule has 0 spiro atoms. The van der Waals surface area contributed by atoms with Crippen molar-refractivity contribution >= 4 is 5.96 Å². The van der Waals surface area contributed by atoms with Crippen LogP contribution in [0.1, 0.15) is 17.9 Å². The maximum absolute atomic E-state index is 12.9. The molecule has 0 bridgehead atoms. The molecule has 0 saturated carbocycles. The van der Waals surface area contributed by atoms with E-state index >= 15 is 0 Å². The van der Waals surface area contributed by atoms with Crippen LogP contribution in [0.25, 0.3) is 0 Å². The molecule has 0 fully saturated rings. The molecule has 0 aliphatic carbocycles. The smallest absolute Gasteiger partial charge is 0.319 e. The van der Waals surface area contributed by atoms with Gasteiger partial charge in [-0.2, -0.15) is 8.78 Å². The number of nitrogens with zero attached hydrogens (tertiary/aromatic N) is 4. The summed E-state index contributed by atoms with van der Waals surface area (Å²) in [5.74, 6) is 2.18. The van der Waals surface area contributed by atoms with Gasteiger partial charge in [0.25, 0.3) is 0 Å². The number of guanidine groups is 1. The Labute approximate surface area is 151 Å². The predicted octanol–water partition coefficient (Wildman–Crippen LogP) is 2.50. The largest absolute Gasteiger partial charge is 0.497 e. The maximum atomic E-state index is 12.9. The fourth-order valence-electron chi connectivity index (χ4n) is 2.51. The number of hydrogen-bond donors (Lipinski definition) is 1. The van der Waals surface area contributed by atoms with Crippen molar-refractivity contribution in [3.05, 3.63) is 42.0 Å². The first-order chi connectivity index (χ1) is 12.5. The number of aliphatic imine (C=N–C) groups is 1. The van der Waals surface area contributed by atoms with Crippen LogP contribution in [0, 0.1) is 0 Å². The van der Waals surface area contributed by atoms with Gasteiger partial charge >= 0.3 is 6.55 Å². The number of ether oxygens (including phenoxy) is 2. The molecule has 1 aromatic heterocycles. The van der Waals surface area contributed by atoms with Crippen LogP contribution in [-0.4, -0.2) is 48.7 Å². The van der Waals surface area contributed by atoms with E-state index in [0.717, 1.165) is 10.1 Å². The number of halogens is 2. The molecule has 0 amide bonds. The third kappa shape index (κ3) is 4.62. The van der Waals surface area contributed by atoms with Gasteiger partial charge in [0.2, 0.25) is 0 Å². The van der Waals surface area contributed by atoms with E-state index in [2.05, 4.69) is 15.3 Å². The summed E-state index contributed by atoms with van der Waals surface area (Å²) in [6.45, 7) is -1.98. The molecule has 7 nitrogen and oxygen atoms in total. The van der Waals surface area contributed by atoms with E-state index in [9.17, 15) is 8.78 Å². The first-order valence-electron chi connectivity index (χ1n) is 7.92. The molecule has 9 heteroatoms. The van der Waals surface area contributed by atoms with Crippen LogP contribution in [0.15, 0.2) is 35.6 Å². The maximum Gasteiger partial charge on any atom is 0.319 e. The Morgan fingerprint density at radius 1 is 1.35 bits per heavy atom. The predicted molar refractivity (Wildman–Crippen MR) is 94.7 cm³/mol. The summed E-state index contributed by atoms with van der Waals surface area (Å²) in [5.41, 5.74) is 0.938. The normalized spacial score (nSPS) is 11.6. The standard InChI is InChI=1S/C17H23F2N5O2/c1-20-17(22-10-15-21-7-8-24(15)16(18)19)23(2)11-12-5-6-13(25-3)9-14(12)26-4/h5-9,16H,10-11H2,1-4H3,(H,20,22). The van der Waals surface area contributed by atoms with E-state index in [4.69, 9.17) is 9.47 Å². The van der Waals surface area contributed by atoms with Crippen LogP contribution in [0.4, 0.5) is 8.78 Å². The zero-order chi connectivity index (χ0) is 19.1. The second kappa shape index (κ2) is 9.02. The van der Waals surface area contributed by atoms with Gasteiger partial charge in [-0.15, -0.1) is 0 Å². The van der Waals surface area contributed by atoms with E-state index in [-0.39, 0.29) is 12.4 Å². The van der Waals surface area contributed by atoms with Crippen LogP contribution in [0.2, 0.25) is 0 Å². The highest BCUT2D eigenvalue weighted by Crippen LogP contribution is 2.25. The van der Waals surface area contributed by atoms with Crippen molar-refractivity contribution in [2.75, 3.05) is 28.3 Å². The number of methoxy groups -OCH3 is 2. The highest BCUT2D eigenvalue weighted by molar-refractivity contribution is 5.79. The second-order valence-corrected chi connectivity index (χ2v) is 5.46. The Morgan fingerprint density at radius 2 is 2.12 bits per heavy atom. The Bertz CT molecular complexity index is 749. The van der Waals surface area contributed by atoms with Gasteiger partial charge in [-0.05, 0) is 12.1 Å². The molecule has 1 heterocycles. The van der Waals surface area contributed by atoms with Gasteiger partial charge in [-0.3, -0.25) is 9.56 Å². The number of rotatable bonds is 7. The minimum absolute atomic E-state index is 0.133. The third-order valence-corrected chi connectivity index (χ3v) is 3.84. The third-order valence-electron chi connectivity index (χ3n) is 3.84. The zero-order valence-corrected chi connectivity index (χ0v) is 15.2. The van der Waals surface area contributed by atoms with Gasteiger partial charge < -0.3 is 19.7 Å². The lowest BCUT2D eigenvalue weighted by molar-refractivity contribution is 0.0668. The minimum Gasteiger partial charge on any atom is -0.497 e. The summed E-state index contributed by atoms with van der Waals surface area (Å²) in [6.07, 6.45) is 2.59. The molecule has 0 unspecified atom stereocenters. The first kappa shape index (κ1) is 19.5. The topological polar surface area (TPSA) is 63.9 Å². The number of hydrogen-bond acceptors (Lipinski definition) is 4. The summed E-state index contributed by atoms with van der Waals surface area (Å²) in [4.78, 5) is 10.00. The van der Waals surface area contributed by atoms with E-state index in [1.54, 1.807) is 27.3 Å². The van der Waals surface area contributed by atoms with Gasteiger partial charge in [-0.1, -0.05) is 0 Å². The van der Waals surface area contributed by atoms with Crippen LogP contribution in [0.5, 0.6) is 11.5 Å². The molecule has 26 heavy (non-hydrogen) atoms. The average molecular weight is 367 g/mol. The number of aromatic nitrogens is 2. The van der Waals surface area contributed by atoms with Crippen molar-refractivity contribution in [2.24, 2.45) is 4.99 Å². The molecule has 2 aromatic rings. The fourth-order valence-corrected chi connectivity index (χ4v) is 2.51. The molecular weight excluding hydrogens is 344 g/mol. The Kier molecular flexibility index (Phi) is 6.76. The summed E-state index contributed by atoms with van der Waals surface area (Å²) in [6, 6.07) is 5.56. The molecule has 0 atom stereocenters. The summed E-state index contributed by atoms with van der Waals surface area (Å²) >= 11 is 0. The lowest BCUT2D eigenvalue weighted by atomic mass is 10.2. The Morgan fingerprint density at radius 3 is 2.73 bits per heavy atom. The summed E-state index contributed by atoms with van der Waals surface area (Å²) in [7, 11) is 6.66. The van der Waals surface area contributed by atoms with Crippen molar-refractivity contribution in [1.82, 2.24) is 19.8 Å². The van der Waals surface area contributed by atoms with Gasteiger partial charge in [-0.25, -0.2) is 4.98 Å². The van der Waals surface area contributed by atoms with Crippen LogP contribution in [-0.2, 0) is 13.1 Å².